The number of hydrogen-bond acceptors (Lipinski definition) is 2. The van der Waals surface area contributed by atoms with Crippen LogP contribution in [0, 0.1) is 6.92 Å². The minimum atomic E-state index is -0.398. The quantitative estimate of drug-likeness (QED) is 0.880. The second kappa shape index (κ2) is 7.97. The van der Waals surface area contributed by atoms with Crippen molar-refractivity contribution in [2.45, 2.75) is 38.6 Å². The number of carbonyl (C=O) groups excluding carboxylic acids is 2. The predicted octanol–water partition coefficient (Wildman–Crippen LogP) is 3.24. The highest BCUT2D eigenvalue weighted by Crippen LogP contribution is 2.22. The van der Waals surface area contributed by atoms with E-state index in [1.165, 1.54) is 11.1 Å². The van der Waals surface area contributed by atoms with E-state index in [-0.39, 0.29) is 11.8 Å². The molecular formula is C21H24N2O2. The molecule has 130 valence electrons. The SMILES string of the molecule is Cc1ccc(N2CCC(NC(=O)CCCc3ccccc3)C2=O)cc1. The summed E-state index contributed by atoms with van der Waals surface area (Å²) in [4.78, 5) is 26.4. The lowest BCUT2D eigenvalue weighted by Gasteiger charge is -2.17. The average Bonchev–Trinajstić information content (AvgIpc) is 2.97. The molecule has 1 heterocycles. The largest absolute Gasteiger partial charge is 0.344 e. The van der Waals surface area contributed by atoms with Crippen LogP contribution in [-0.2, 0) is 16.0 Å². The Morgan fingerprint density at radius 3 is 2.56 bits per heavy atom. The topological polar surface area (TPSA) is 49.4 Å². The fourth-order valence-electron chi connectivity index (χ4n) is 3.16. The van der Waals surface area contributed by atoms with Gasteiger partial charge in [0.1, 0.15) is 6.04 Å². The molecule has 0 radical (unpaired) electrons. The zero-order valence-corrected chi connectivity index (χ0v) is 14.6. The van der Waals surface area contributed by atoms with Crippen molar-refractivity contribution in [2.24, 2.45) is 0 Å². The van der Waals surface area contributed by atoms with Crippen LogP contribution in [0.5, 0.6) is 0 Å². The van der Waals surface area contributed by atoms with Gasteiger partial charge in [0, 0.05) is 18.7 Å². The molecule has 2 aromatic carbocycles. The van der Waals surface area contributed by atoms with Crippen LogP contribution in [0.1, 0.15) is 30.4 Å². The molecule has 0 spiro atoms. The number of aryl methyl sites for hydroxylation is 2. The van der Waals surface area contributed by atoms with E-state index in [0.29, 0.717) is 19.4 Å². The monoisotopic (exact) mass is 336 g/mol. The number of anilines is 1. The third-order valence-electron chi connectivity index (χ3n) is 4.60. The minimum absolute atomic E-state index is 0.0136. The first-order valence-electron chi connectivity index (χ1n) is 8.85. The Morgan fingerprint density at radius 2 is 1.84 bits per heavy atom. The Bertz CT molecular complexity index is 725. The molecule has 2 aromatic rings. The maximum atomic E-state index is 12.5. The molecule has 2 amide bonds. The molecule has 1 atom stereocenters. The number of benzene rings is 2. The van der Waals surface area contributed by atoms with Gasteiger partial charge in [0.05, 0.1) is 0 Å². The predicted molar refractivity (Wildman–Crippen MR) is 99.5 cm³/mol. The highest BCUT2D eigenvalue weighted by atomic mass is 16.2. The highest BCUT2D eigenvalue weighted by molar-refractivity contribution is 6.01. The van der Waals surface area contributed by atoms with E-state index in [1.54, 1.807) is 4.90 Å². The molecule has 1 unspecified atom stereocenters. The van der Waals surface area contributed by atoms with Crippen LogP contribution >= 0.6 is 0 Å². The number of amides is 2. The lowest BCUT2D eigenvalue weighted by atomic mass is 10.1. The Balaban J connectivity index is 1.47. The molecule has 0 aliphatic carbocycles. The lowest BCUT2D eigenvalue weighted by molar-refractivity contribution is -0.126. The Labute approximate surface area is 148 Å². The molecule has 1 N–H and O–H groups in total. The summed E-state index contributed by atoms with van der Waals surface area (Å²) in [6, 6.07) is 17.6. The summed E-state index contributed by atoms with van der Waals surface area (Å²) in [6.07, 6.45) is 2.78. The summed E-state index contributed by atoms with van der Waals surface area (Å²) in [5.41, 5.74) is 3.30. The summed E-state index contributed by atoms with van der Waals surface area (Å²) in [7, 11) is 0. The Hall–Kier alpha value is -2.62. The van der Waals surface area contributed by atoms with Gasteiger partial charge < -0.3 is 10.2 Å². The van der Waals surface area contributed by atoms with Gasteiger partial charge >= 0.3 is 0 Å². The lowest BCUT2D eigenvalue weighted by Crippen LogP contribution is -2.41. The van der Waals surface area contributed by atoms with Gasteiger partial charge in [0.2, 0.25) is 11.8 Å². The van der Waals surface area contributed by atoms with Crippen LogP contribution in [0.15, 0.2) is 54.6 Å². The fraction of sp³-hybridized carbons (Fsp3) is 0.333. The molecule has 0 bridgehead atoms. The van der Waals surface area contributed by atoms with Crippen molar-refractivity contribution < 1.29 is 9.59 Å². The molecule has 1 aliphatic heterocycles. The van der Waals surface area contributed by atoms with E-state index >= 15 is 0 Å². The molecule has 0 saturated carbocycles. The van der Waals surface area contributed by atoms with Crippen LogP contribution < -0.4 is 10.2 Å². The molecule has 1 saturated heterocycles. The first-order valence-corrected chi connectivity index (χ1v) is 8.85. The van der Waals surface area contributed by atoms with Crippen LogP contribution in [-0.4, -0.2) is 24.4 Å². The van der Waals surface area contributed by atoms with Crippen molar-refractivity contribution in [3.05, 3.63) is 65.7 Å². The number of nitrogens with zero attached hydrogens (tertiary/aromatic N) is 1. The second-order valence-electron chi connectivity index (χ2n) is 6.57. The van der Waals surface area contributed by atoms with Gasteiger partial charge in [-0.2, -0.15) is 0 Å². The van der Waals surface area contributed by atoms with Gasteiger partial charge in [-0.05, 0) is 43.9 Å². The number of rotatable bonds is 6. The van der Waals surface area contributed by atoms with Crippen molar-refractivity contribution in [3.63, 3.8) is 0 Å². The van der Waals surface area contributed by atoms with Gasteiger partial charge in [-0.25, -0.2) is 0 Å². The smallest absolute Gasteiger partial charge is 0.249 e. The molecule has 25 heavy (non-hydrogen) atoms. The molecule has 0 aromatic heterocycles. The Kier molecular flexibility index (Phi) is 5.49. The maximum Gasteiger partial charge on any atom is 0.249 e. The summed E-state index contributed by atoms with van der Waals surface area (Å²) < 4.78 is 0. The average molecular weight is 336 g/mol. The van der Waals surface area contributed by atoms with E-state index in [4.69, 9.17) is 0 Å². The third kappa shape index (κ3) is 4.47. The fourth-order valence-corrected chi connectivity index (χ4v) is 3.16. The van der Waals surface area contributed by atoms with Crippen molar-refractivity contribution in [2.75, 3.05) is 11.4 Å². The normalized spacial score (nSPS) is 16.9. The van der Waals surface area contributed by atoms with Crippen LogP contribution in [0.4, 0.5) is 5.69 Å². The summed E-state index contributed by atoms with van der Waals surface area (Å²) in [6.45, 7) is 2.67. The van der Waals surface area contributed by atoms with Crippen LogP contribution in [0.3, 0.4) is 0 Å². The van der Waals surface area contributed by atoms with Crippen LogP contribution in [0.25, 0.3) is 0 Å². The third-order valence-corrected chi connectivity index (χ3v) is 4.60. The number of nitrogens with one attached hydrogen (secondary N) is 1. The first kappa shape index (κ1) is 17.2. The van der Waals surface area contributed by atoms with E-state index < -0.39 is 6.04 Å². The van der Waals surface area contributed by atoms with E-state index in [9.17, 15) is 9.59 Å². The van der Waals surface area contributed by atoms with Crippen molar-refractivity contribution >= 4 is 17.5 Å². The minimum Gasteiger partial charge on any atom is -0.344 e. The van der Waals surface area contributed by atoms with Crippen LogP contribution in [0.2, 0.25) is 0 Å². The van der Waals surface area contributed by atoms with Gasteiger partial charge in [0.25, 0.3) is 0 Å². The van der Waals surface area contributed by atoms with Gasteiger partial charge in [-0.3, -0.25) is 9.59 Å². The number of carbonyl (C=O) groups is 2. The van der Waals surface area contributed by atoms with Crippen molar-refractivity contribution in [1.82, 2.24) is 5.32 Å². The van der Waals surface area contributed by atoms with E-state index in [2.05, 4.69) is 17.4 Å². The second-order valence-corrected chi connectivity index (χ2v) is 6.57. The summed E-state index contributed by atoms with van der Waals surface area (Å²) >= 11 is 0. The maximum absolute atomic E-state index is 12.5. The molecule has 4 nitrogen and oxygen atoms in total. The van der Waals surface area contributed by atoms with Gasteiger partial charge in [0.15, 0.2) is 0 Å². The van der Waals surface area contributed by atoms with Gasteiger partial charge in [-0.1, -0.05) is 48.0 Å². The molecular weight excluding hydrogens is 312 g/mol. The number of hydrogen-bond donors (Lipinski definition) is 1. The zero-order chi connectivity index (χ0) is 17.6. The van der Waals surface area contributed by atoms with E-state index in [0.717, 1.165) is 18.5 Å². The molecule has 3 rings (SSSR count). The first-order chi connectivity index (χ1) is 12.1. The Morgan fingerprint density at radius 1 is 1.12 bits per heavy atom. The summed E-state index contributed by atoms with van der Waals surface area (Å²) in [5.74, 6) is -0.0553. The van der Waals surface area contributed by atoms with Crippen molar-refractivity contribution in [1.29, 1.82) is 0 Å². The zero-order valence-electron chi connectivity index (χ0n) is 14.6. The van der Waals surface area contributed by atoms with E-state index in [1.807, 2.05) is 49.4 Å². The highest BCUT2D eigenvalue weighted by Gasteiger charge is 2.33. The molecule has 1 fully saturated rings. The summed E-state index contributed by atoms with van der Waals surface area (Å²) in [5, 5.41) is 2.90. The molecule has 4 heteroatoms. The molecule has 1 aliphatic rings. The van der Waals surface area contributed by atoms with Crippen molar-refractivity contribution in [3.8, 4) is 0 Å². The van der Waals surface area contributed by atoms with Gasteiger partial charge in [-0.15, -0.1) is 0 Å². The standard InChI is InChI=1S/C21H24N2O2/c1-16-10-12-18(13-11-16)23-15-14-19(21(23)25)22-20(24)9-5-8-17-6-3-2-4-7-17/h2-4,6-7,10-13,19H,5,8-9,14-15H2,1H3,(H,22,24).